The molecule has 0 unspecified atom stereocenters. The number of nitrogens with one attached hydrogen (secondary N) is 1. The second-order valence-electron chi connectivity index (χ2n) is 6.57. The molecule has 7 nitrogen and oxygen atoms in total. The summed E-state index contributed by atoms with van der Waals surface area (Å²) in [7, 11) is 1.66. The van der Waals surface area contributed by atoms with E-state index in [2.05, 4.69) is 10.3 Å². The summed E-state index contributed by atoms with van der Waals surface area (Å²) in [5.74, 6) is -0.138. The van der Waals surface area contributed by atoms with Crippen LogP contribution in [0.4, 0.5) is 11.4 Å². The maximum atomic E-state index is 13.1. The number of hydrogen-bond acceptors (Lipinski definition) is 6. The van der Waals surface area contributed by atoms with E-state index in [1.54, 1.807) is 24.1 Å². The average molecular weight is 415 g/mol. The zero-order valence-corrected chi connectivity index (χ0v) is 17.0. The van der Waals surface area contributed by atoms with E-state index in [-0.39, 0.29) is 35.6 Å². The molecule has 1 aliphatic heterocycles. The van der Waals surface area contributed by atoms with Crippen molar-refractivity contribution < 1.29 is 9.59 Å². The fourth-order valence-electron chi connectivity index (χ4n) is 3.27. The number of amides is 2. The number of carbonyl (C=O) groups excluding carboxylic acids is 2. The van der Waals surface area contributed by atoms with Crippen LogP contribution < -0.4 is 15.8 Å². The average Bonchev–Trinajstić information content (AvgIpc) is 3.08. The van der Waals surface area contributed by atoms with Crippen molar-refractivity contribution >= 4 is 56.5 Å². The minimum absolute atomic E-state index is 0.115. The van der Waals surface area contributed by atoms with Crippen molar-refractivity contribution in [1.82, 2.24) is 9.55 Å². The van der Waals surface area contributed by atoms with Crippen LogP contribution in [-0.2, 0) is 16.6 Å². The number of fused-ring (bicyclic) bond motifs is 2. The molecule has 144 valence electrons. The summed E-state index contributed by atoms with van der Waals surface area (Å²) in [6.45, 7) is 1.86. The predicted molar refractivity (Wildman–Crippen MR) is 112 cm³/mol. The molecule has 4 rings (SSSR count). The van der Waals surface area contributed by atoms with Gasteiger partial charge in [-0.2, -0.15) is 0 Å². The highest BCUT2D eigenvalue weighted by Crippen LogP contribution is 2.32. The number of anilines is 2. The summed E-state index contributed by atoms with van der Waals surface area (Å²) in [5, 5.41) is 5.77. The maximum Gasteiger partial charge on any atom is 0.262 e. The van der Waals surface area contributed by atoms with Crippen LogP contribution in [0.25, 0.3) is 10.2 Å². The number of nitrogens with zero attached hydrogens (tertiary/aromatic N) is 3. The number of rotatable bonds is 3. The van der Waals surface area contributed by atoms with Gasteiger partial charge in [0.1, 0.15) is 4.83 Å². The normalized spacial score (nSPS) is 16.6. The summed E-state index contributed by atoms with van der Waals surface area (Å²) >= 11 is 2.63. The molecule has 0 saturated carbocycles. The summed E-state index contributed by atoms with van der Waals surface area (Å²) in [6.07, 6.45) is 0.225. The first-order valence-electron chi connectivity index (χ1n) is 8.73. The van der Waals surface area contributed by atoms with Crippen LogP contribution >= 0.6 is 23.1 Å². The number of benzene rings is 1. The van der Waals surface area contributed by atoms with Crippen LogP contribution in [0.3, 0.4) is 0 Å². The van der Waals surface area contributed by atoms with Gasteiger partial charge in [0.25, 0.3) is 5.56 Å². The molecular weight excluding hydrogens is 396 g/mol. The van der Waals surface area contributed by atoms with Gasteiger partial charge in [-0.25, -0.2) is 4.98 Å². The molecule has 0 radical (unpaired) electrons. The van der Waals surface area contributed by atoms with Crippen molar-refractivity contribution in [2.75, 3.05) is 16.0 Å². The minimum atomic E-state index is -0.270. The molecule has 2 amide bonds. The van der Waals surface area contributed by atoms with Crippen molar-refractivity contribution in [2.45, 2.75) is 24.5 Å². The summed E-state index contributed by atoms with van der Waals surface area (Å²) in [5.41, 5.74) is 1.19. The van der Waals surface area contributed by atoms with E-state index in [9.17, 15) is 14.4 Å². The Morgan fingerprint density at radius 2 is 2.11 bits per heavy atom. The Morgan fingerprint density at radius 3 is 2.93 bits per heavy atom. The Bertz CT molecular complexity index is 1140. The van der Waals surface area contributed by atoms with Crippen LogP contribution in [0, 0.1) is 0 Å². The highest BCUT2D eigenvalue weighted by atomic mass is 32.2. The smallest absolute Gasteiger partial charge is 0.262 e. The zero-order chi connectivity index (χ0) is 19.8. The van der Waals surface area contributed by atoms with Crippen LogP contribution in [0.5, 0.6) is 0 Å². The largest absolute Gasteiger partial charge is 0.324 e. The number of aromatic nitrogens is 2. The number of thiophene rings is 1. The summed E-state index contributed by atoms with van der Waals surface area (Å²) < 4.78 is 1.47. The number of hydrogen-bond donors (Lipinski definition) is 1. The molecule has 2 aromatic heterocycles. The van der Waals surface area contributed by atoms with Crippen molar-refractivity contribution in [3.8, 4) is 0 Å². The lowest BCUT2D eigenvalue weighted by atomic mass is 10.2. The van der Waals surface area contributed by atoms with Gasteiger partial charge >= 0.3 is 0 Å². The van der Waals surface area contributed by atoms with Gasteiger partial charge in [0.2, 0.25) is 11.8 Å². The fourth-order valence-corrected chi connectivity index (χ4v) is 4.91. The van der Waals surface area contributed by atoms with Crippen LogP contribution in [-0.4, -0.2) is 33.2 Å². The van der Waals surface area contributed by atoms with Gasteiger partial charge in [-0.3, -0.25) is 19.0 Å². The van der Waals surface area contributed by atoms with Crippen molar-refractivity contribution in [3.05, 3.63) is 46.1 Å². The highest BCUT2D eigenvalue weighted by Gasteiger charge is 2.29. The Morgan fingerprint density at radius 1 is 1.32 bits per heavy atom. The lowest BCUT2D eigenvalue weighted by molar-refractivity contribution is -0.117. The second kappa shape index (κ2) is 7.40. The first kappa shape index (κ1) is 18.7. The van der Waals surface area contributed by atoms with Gasteiger partial charge in [-0.1, -0.05) is 23.9 Å². The van der Waals surface area contributed by atoms with E-state index < -0.39 is 0 Å². The predicted octanol–water partition coefficient (Wildman–Crippen LogP) is 2.85. The molecule has 3 heterocycles. The molecule has 28 heavy (non-hydrogen) atoms. The molecule has 0 spiro atoms. The lowest BCUT2D eigenvalue weighted by Crippen LogP contribution is -2.40. The first-order chi connectivity index (χ1) is 13.5. The summed E-state index contributed by atoms with van der Waals surface area (Å²) in [4.78, 5) is 44.4. The molecule has 0 aliphatic carbocycles. The van der Waals surface area contributed by atoms with Crippen LogP contribution in [0.2, 0.25) is 0 Å². The van der Waals surface area contributed by atoms with E-state index in [0.29, 0.717) is 26.7 Å². The highest BCUT2D eigenvalue weighted by molar-refractivity contribution is 7.99. The van der Waals surface area contributed by atoms with E-state index in [0.717, 1.165) is 0 Å². The second-order valence-corrected chi connectivity index (χ2v) is 8.41. The topological polar surface area (TPSA) is 84.3 Å². The molecule has 1 N–H and O–H groups in total. The van der Waals surface area contributed by atoms with Gasteiger partial charge in [0, 0.05) is 19.5 Å². The van der Waals surface area contributed by atoms with Gasteiger partial charge in [0.05, 0.1) is 22.5 Å². The van der Waals surface area contributed by atoms with E-state index in [1.807, 2.05) is 30.5 Å². The van der Waals surface area contributed by atoms with E-state index in [4.69, 9.17) is 0 Å². The third-order valence-electron chi connectivity index (χ3n) is 4.62. The van der Waals surface area contributed by atoms with E-state index >= 15 is 0 Å². The van der Waals surface area contributed by atoms with Crippen LogP contribution in [0.15, 0.2) is 45.7 Å². The third-order valence-corrected chi connectivity index (χ3v) is 6.44. The van der Waals surface area contributed by atoms with Gasteiger partial charge in [-0.05, 0) is 30.5 Å². The Kier molecular flexibility index (Phi) is 4.94. The maximum absolute atomic E-state index is 13.1. The molecule has 1 aliphatic rings. The van der Waals surface area contributed by atoms with Crippen molar-refractivity contribution in [2.24, 2.45) is 7.05 Å². The zero-order valence-electron chi connectivity index (χ0n) is 15.3. The number of thioether (sulfide) groups is 1. The monoisotopic (exact) mass is 414 g/mol. The lowest BCUT2D eigenvalue weighted by Gasteiger charge is -2.27. The van der Waals surface area contributed by atoms with Crippen LogP contribution in [0.1, 0.15) is 13.3 Å². The Labute approximate surface area is 169 Å². The molecule has 0 fully saturated rings. The fraction of sp³-hybridized carbons (Fsp3) is 0.263. The van der Waals surface area contributed by atoms with E-state index in [1.165, 1.54) is 27.7 Å². The molecule has 0 saturated heterocycles. The van der Waals surface area contributed by atoms with Gasteiger partial charge < -0.3 is 10.2 Å². The Balaban J connectivity index is 1.61. The number of carbonyl (C=O) groups is 2. The Hall–Kier alpha value is -2.65. The standard InChI is InChI=1S/C19H18N4O3S2/c1-11-9-15(24)20-13-5-3-4-6-14(13)23(11)16(25)10-28-19-21-17-12(7-8-27-17)18(26)22(19)2/h3-8,11H,9-10H2,1-2H3,(H,20,24)/t11-/m1/s1. The quantitative estimate of drug-likeness (QED) is 0.526. The molecule has 0 bridgehead atoms. The third kappa shape index (κ3) is 3.31. The van der Waals surface area contributed by atoms with Gasteiger partial charge in [-0.15, -0.1) is 11.3 Å². The van der Waals surface area contributed by atoms with Crippen molar-refractivity contribution in [3.63, 3.8) is 0 Å². The molecule has 9 heteroatoms. The number of para-hydroxylation sites is 2. The van der Waals surface area contributed by atoms with Crippen molar-refractivity contribution in [1.29, 1.82) is 0 Å². The SMILES string of the molecule is C[C@@H]1CC(=O)Nc2ccccc2N1C(=O)CSc1nc2sccc2c(=O)n1C. The molecule has 1 atom stereocenters. The first-order valence-corrected chi connectivity index (χ1v) is 10.6. The van der Waals surface area contributed by atoms with Gasteiger partial charge in [0.15, 0.2) is 5.16 Å². The molecule has 3 aromatic rings. The summed E-state index contributed by atoms with van der Waals surface area (Å²) in [6, 6.07) is 8.76. The molecular formula is C19H18N4O3S2. The molecule has 1 aromatic carbocycles. The minimum Gasteiger partial charge on any atom is -0.324 e.